The van der Waals surface area contributed by atoms with Gasteiger partial charge in [0.25, 0.3) is 11.6 Å². The summed E-state index contributed by atoms with van der Waals surface area (Å²) in [6.07, 6.45) is 0. The van der Waals surface area contributed by atoms with E-state index in [1.54, 1.807) is 4.90 Å². The molecule has 9 heteroatoms. The number of nitrogens with zero attached hydrogens (tertiary/aromatic N) is 3. The van der Waals surface area contributed by atoms with Gasteiger partial charge in [-0.1, -0.05) is 6.07 Å². The summed E-state index contributed by atoms with van der Waals surface area (Å²) in [5.41, 5.74) is -0.465. The summed E-state index contributed by atoms with van der Waals surface area (Å²) < 4.78 is 40.3. The van der Waals surface area contributed by atoms with E-state index in [-0.39, 0.29) is 43.1 Å². The van der Waals surface area contributed by atoms with E-state index in [1.165, 1.54) is 23.1 Å². The predicted octanol–water partition coefficient (Wildman–Crippen LogP) is 2.97. The number of carbonyl (C=O) groups excluding carboxylic acids is 1. The zero-order valence-electron chi connectivity index (χ0n) is 13.5. The third kappa shape index (κ3) is 3.32. The fourth-order valence-electron chi connectivity index (χ4n) is 2.90. The zero-order chi connectivity index (χ0) is 18.8. The minimum atomic E-state index is -1.20. The van der Waals surface area contributed by atoms with Gasteiger partial charge in [0.1, 0.15) is 11.5 Å². The molecule has 0 N–H and O–H groups in total. The van der Waals surface area contributed by atoms with Crippen LogP contribution >= 0.6 is 0 Å². The maximum atomic E-state index is 13.8. The summed E-state index contributed by atoms with van der Waals surface area (Å²) in [4.78, 5) is 25.8. The molecular weight excluding hydrogens is 351 g/mol. The molecule has 1 aliphatic rings. The van der Waals surface area contributed by atoms with E-state index < -0.39 is 28.3 Å². The second kappa shape index (κ2) is 7.03. The fourth-order valence-corrected chi connectivity index (χ4v) is 2.90. The van der Waals surface area contributed by atoms with Gasteiger partial charge in [-0.15, -0.1) is 0 Å². The number of anilines is 1. The van der Waals surface area contributed by atoms with Gasteiger partial charge in [0.15, 0.2) is 11.6 Å². The van der Waals surface area contributed by atoms with Crippen LogP contribution in [0.1, 0.15) is 10.4 Å². The Morgan fingerprint density at radius 2 is 1.73 bits per heavy atom. The highest BCUT2D eigenvalue weighted by Crippen LogP contribution is 2.29. The Labute approximate surface area is 146 Å². The van der Waals surface area contributed by atoms with Crippen molar-refractivity contribution in [1.82, 2.24) is 4.90 Å². The molecule has 136 valence electrons. The number of nitro benzene ring substituents is 1. The van der Waals surface area contributed by atoms with Crippen molar-refractivity contribution in [2.75, 3.05) is 31.1 Å². The second-order valence-electron chi connectivity index (χ2n) is 5.77. The summed E-state index contributed by atoms with van der Waals surface area (Å²) in [6.45, 7) is 0.830. The van der Waals surface area contributed by atoms with E-state index in [2.05, 4.69) is 0 Å². The van der Waals surface area contributed by atoms with E-state index in [0.29, 0.717) is 0 Å². The molecule has 1 amide bonds. The van der Waals surface area contributed by atoms with Crippen molar-refractivity contribution < 1.29 is 22.9 Å². The molecule has 0 unspecified atom stereocenters. The highest BCUT2D eigenvalue weighted by molar-refractivity contribution is 5.94. The molecule has 0 aromatic heterocycles. The number of rotatable bonds is 3. The van der Waals surface area contributed by atoms with Crippen LogP contribution in [0.3, 0.4) is 0 Å². The van der Waals surface area contributed by atoms with E-state index in [4.69, 9.17) is 0 Å². The smallest absolute Gasteiger partial charge is 0.295 e. The van der Waals surface area contributed by atoms with Crippen LogP contribution < -0.4 is 4.90 Å². The number of hydrogen-bond donors (Lipinski definition) is 0. The van der Waals surface area contributed by atoms with Crippen LogP contribution in [0.4, 0.5) is 24.5 Å². The predicted molar refractivity (Wildman–Crippen MR) is 87.5 cm³/mol. The zero-order valence-corrected chi connectivity index (χ0v) is 13.5. The van der Waals surface area contributed by atoms with Crippen molar-refractivity contribution in [3.05, 3.63) is 69.5 Å². The molecule has 26 heavy (non-hydrogen) atoms. The van der Waals surface area contributed by atoms with Crippen LogP contribution in [0.15, 0.2) is 36.4 Å². The lowest BCUT2D eigenvalue weighted by Gasteiger charge is -2.35. The first kappa shape index (κ1) is 17.7. The number of nitro groups is 1. The van der Waals surface area contributed by atoms with Crippen LogP contribution in [0.2, 0.25) is 0 Å². The first-order chi connectivity index (χ1) is 12.4. The van der Waals surface area contributed by atoms with Crippen molar-refractivity contribution in [2.24, 2.45) is 0 Å². The van der Waals surface area contributed by atoms with Crippen molar-refractivity contribution in [1.29, 1.82) is 0 Å². The summed E-state index contributed by atoms with van der Waals surface area (Å²) in [5, 5.41) is 11.1. The number of piperazine rings is 1. The SMILES string of the molecule is O=C(c1cccc(F)c1F)N1CCN(c2ccc(F)cc2[N+](=O)[O-])CC1. The number of benzene rings is 2. The van der Waals surface area contributed by atoms with Gasteiger partial charge in [0, 0.05) is 26.2 Å². The minimum absolute atomic E-state index is 0.170. The van der Waals surface area contributed by atoms with Gasteiger partial charge in [0.2, 0.25) is 0 Å². The van der Waals surface area contributed by atoms with Crippen LogP contribution in [-0.4, -0.2) is 41.9 Å². The van der Waals surface area contributed by atoms with Crippen molar-refractivity contribution >= 4 is 17.3 Å². The van der Waals surface area contributed by atoms with E-state index in [1.807, 2.05) is 0 Å². The Morgan fingerprint density at radius 3 is 2.38 bits per heavy atom. The Kier molecular flexibility index (Phi) is 4.79. The average molecular weight is 365 g/mol. The summed E-state index contributed by atoms with van der Waals surface area (Å²) in [6, 6.07) is 6.67. The first-order valence-electron chi connectivity index (χ1n) is 7.80. The van der Waals surface area contributed by atoms with Crippen LogP contribution in [0, 0.1) is 27.6 Å². The van der Waals surface area contributed by atoms with Gasteiger partial charge in [-0.05, 0) is 24.3 Å². The Morgan fingerprint density at radius 1 is 1.04 bits per heavy atom. The molecule has 0 atom stereocenters. The van der Waals surface area contributed by atoms with E-state index >= 15 is 0 Å². The molecule has 1 fully saturated rings. The van der Waals surface area contributed by atoms with Gasteiger partial charge in [-0.3, -0.25) is 14.9 Å². The van der Waals surface area contributed by atoms with E-state index in [0.717, 1.165) is 18.2 Å². The monoisotopic (exact) mass is 365 g/mol. The first-order valence-corrected chi connectivity index (χ1v) is 7.80. The largest absolute Gasteiger partial charge is 0.362 e. The standard InChI is InChI=1S/C17H14F3N3O3/c18-11-4-5-14(15(10-11)23(25)26)21-6-8-22(9-7-21)17(24)12-2-1-3-13(19)16(12)20/h1-5,10H,6-9H2. The molecule has 0 aliphatic carbocycles. The Balaban J connectivity index is 1.75. The minimum Gasteiger partial charge on any atom is -0.362 e. The van der Waals surface area contributed by atoms with Gasteiger partial charge in [-0.25, -0.2) is 13.2 Å². The van der Waals surface area contributed by atoms with Gasteiger partial charge in [-0.2, -0.15) is 0 Å². The molecule has 1 heterocycles. The highest BCUT2D eigenvalue weighted by Gasteiger charge is 2.28. The van der Waals surface area contributed by atoms with Crippen LogP contribution in [-0.2, 0) is 0 Å². The molecular formula is C17H14F3N3O3. The molecule has 1 aliphatic heterocycles. The highest BCUT2D eigenvalue weighted by atomic mass is 19.2. The lowest BCUT2D eigenvalue weighted by Crippen LogP contribution is -2.49. The molecule has 2 aromatic rings. The summed E-state index contributed by atoms with van der Waals surface area (Å²) in [7, 11) is 0. The van der Waals surface area contributed by atoms with Gasteiger partial charge < -0.3 is 9.80 Å². The molecule has 2 aromatic carbocycles. The molecule has 0 radical (unpaired) electrons. The fraction of sp³-hybridized carbons (Fsp3) is 0.235. The molecule has 1 saturated heterocycles. The molecule has 6 nitrogen and oxygen atoms in total. The molecule has 0 bridgehead atoms. The third-order valence-corrected chi connectivity index (χ3v) is 4.22. The van der Waals surface area contributed by atoms with Crippen molar-refractivity contribution in [3.8, 4) is 0 Å². The Bertz CT molecular complexity index is 868. The summed E-state index contributed by atoms with van der Waals surface area (Å²) in [5.74, 6) is -3.66. The topological polar surface area (TPSA) is 66.7 Å². The lowest BCUT2D eigenvalue weighted by molar-refractivity contribution is -0.384. The van der Waals surface area contributed by atoms with Crippen LogP contribution in [0.5, 0.6) is 0 Å². The lowest BCUT2D eigenvalue weighted by atomic mass is 10.1. The average Bonchev–Trinajstić information content (AvgIpc) is 2.63. The number of hydrogen-bond acceptors (Lipinski definition) is 4. The third-order valence-electron chi connectivity index (χ3n) is 4.22. The maximum Gasteiger partial charge on any atom is 0.295 e. The Hall–Kier alpha value is -3.10. The van der Waals surface area contributed by atoms with Crippen molar-refractivity contribution in [3.63, 3.8) is 0 Å². The number of carbonyl (C=O) groups is 1. The maximum absolute atomic E-state index is 13.8. The van der Waals surface area contributed by atoms with Crippen LogP contribution in [0.25, 0.3) is 0 Å². The van der Waals surface area contributed by atoms with Crippen molar-refractivity contribution in [2.45, 2.75) is 0 Å². The quantitative estimate of drug-likeness (QED) is 0.620. The molecule has 3 rings (SSSR count). The number of halogens is 3. The summed E-state index contributed by atoms with van der Waals surface area (Å²) >= 11 is 0. The van der Waals surface area contributed by atoms with Gasteiger partial charge >= 0.3 is 0 Å². The second-order valence-corrected chi connectivity index (χ2v) is 5.77. The van der Waals surface area contributed by atoms with Gasteiger partial charge in [0.05, 0.1) is 16.6 Å². The van der Waals surface area contributed by atoms with E-state index in [9.17, 15) is 28.1 Å². The normalized spacial score (nSPS) is 14.4. The molecule has 0 spiro atoms. The molecule has 0 saturated carbocycles. The number of amides is 1.